The molecule has 0 spiro atoms. The van der Waals surface area contributed by atoms with E-state index < -0.39 is 0 Å². The standard InChI is InChI=1S/C21H31N3O4/c1-23(2)19-9-8-17(22-21(26)15-6-7-15)11-16(19)12-24(20(25)14-27-3)13-18-5-4-10-28-18/h8-9,11,15,18H,4-7,10,12-14H2,1-3H3,(H,22,26)/t18-/m1/s1. The predicted octanol–water partition coefficient (Wildman–Crippen LogP) is 2.26. The van der Waals surface area contributed by atoms with Gasteiger partial charge in [0.1, 0.15) is 6.61 Å². The summed E-state index contributed by atoms with van der Waals surface area (Å²) in [7, 11) is 5.48. The number of anilines is 2. The van der Waals surface area contributed by atoms with Gasteiger partial charge in [0.05, 0.1) is 6.10 Å². The predicted molar refractivity (Wildman–Crippen MR) is 108 cm³/mol. The molecular weight excluding hydrogens is 358 g/mol. The summed E-state index contributed by atoms with van der Waals surface area (Å²) < 4.78 is 10.8. The molecule has 1 aliphatic carbocycles. The number of rotatable bonds is 9. The maximum atomic E-state index is 12.6. The van der Waals surface area contributed by atoms with Crippen molar-refractivity contribution in [3.8, 4) is 0 Å². The number of methoxy groups -OCH3 is 1. The van der Waals surface area contributed by atoms with Crippen LogP contribution in [0.4, 0.5) is 11.4 Å². The molecule has 1 aliphatic heterocycles. The molecule has 7 heteroatoms. The highest BCUT2D eigenvalue weighted by Gasteiger charge is 2.30. The Morgan fingerprint density at radius 1 is 1.25 bits per heavy atom. The molecule has 2 fully saturated rings. The van der Waals surface area contributed by atoms with Crippen molar-refractivity contribution in [1.29, 1.82) is 0 Å². The van der Waals surface area contributed by atoms with Crippen LogP contribution in [0.25, 0.3) is 0 Å². The minimum Gasteiger partial charge on any atom is -0.377 e. The van der Waals surface area contributed by atoms with Crippen LogP contribution in [0.3, 0.4) is 0 Å². The van der Waals surface area contributed by atoms with E-state index in [1.54, 1.807) is 4.90 Å². The number of carbonyl (C=O) groups excluding carboxylic acids is 2. The lowest BCUT2D eigenvalue weighted by Gasteiger charge is -2.28. The Kier molecular flexibility index (Phi) is 6.91. The second-order valence-corrected chi connectivity index (χ2v) is 7.84. The summed E-state index contributed by atoms with van der Waals surface area (Å²) in [6, 6.07) is 5.88. The van der Waals surface area contributed by atoms with Crippen molar-refractivity contribution in [2.24, 2.45) is 5.92 Å². The number of hydrogen-bond donors (Lipinski definition) is 1. The van der Waals surface area contributed by atoms with E-state index in [0.717, 1.165) is 49.2 Å². The van der Waals surface area contributed by atoms with E-state index in [-0.39, 0.29) is 30.4 Å². The van der Waals surface area contributed by atoms with E-state index in [2.05, 4.69) is 5.32 Å². The summed E-state index contributed by atoms with van der Waals surface area (Å²) in [6.07, 6.45) is 4.00. The van der Waals surface area contributed by atoms with Gasteiger partial charge in [0, 0.05) is 58.2 Å². The van der Waals surface area contributed by atoms with Crippen molar-refractivity contribution < 1.29 is 19.1 Å². The molecule has 28 heavy (non-hydrogen) atoms. The van der Waals surface area contributed by atoms with Gasteiger partial charge < -0.3 is 24.6 Å². The van der Waals surface area contributed by atoms with Crippen molar-refractivity contribution in [2.45, 2.75) is 38.3 Å². The SMILES string of the molecule is COCC(=O)N(Cc1cc(NC(=O)C2CC2)ccc1N(C)C)C[C@H]1CCCO1. The van der Waals surface area contributed by atoms with Crippen LogP contribution in [0, 0.1) is 5.92 Å². The minimum absolute atomic E-state index is 0.0438. The highest BCUT2D eigenvalue weighted by Crippen LogP contribution is 2.31. The maximum Gasteiger partial charge on any atom is 0.248 e. The summed E-state index contributed by atoms with van der Waals surface area (Å²) in [4.78, 5) is 28.6. The Morgan fingerprint density at radius 2 is 2.04 bits per heavy atom. The van der Waals surface area contributed by atoms with Gasteiger partial charge in [0.15, 0.2) is 0 Å². The van der Waals surface area contributed by atoms with Crippen molar-refractivity contribution in [2.75, 3.05) is 51.2 Å². The molecule has 1 N–H and O–H groups in total. The first kappa shape index (κ1) is 20.6. The van der Waals surface area contributed by atoms with Gasteiger partial charge in [-0.05, 0) is 49.4 Å². The highest BCUT2D eigenvalue weighted by atomic mass is 16.5. The average Bonchev–Trinajstić information content (AvgIpc) is 3.39. The van der Waals surface area contributed by atoms with Crippen molar-refractivity contribution >= 4 is 23.2 Å². The molecule has 1 aromatic rings. The Bertz CT molecular complexity index is 697. The van der Waals surface area contributed by atoms with Crippen LogP contribution in [0.5, 0.6) is 0 Å². The Hall–Kier alpha value is -2.12. The van der Waals surface area contributed by atoms with Gasteiger partial charge in [-0.15, -0.1) is 0 Å². The molecule has 3 rings (SSSR count). The third-order valence-electron chi connectivity index (χ3n) is 5.21. The largest absolute Gasteiger partial charge is 0.377 e. The summed E-state index contributed by atoms with van der Waals surface area (Å²) in [6.45, 7) is 1.79. The number of ether oxygens (including phenoxy) is 2. The van der Waals surface area contributed by atoms with Gasteiger partial charge in [-0.25, -0.2) is 0 Å². The summed E-state index contributed by atoms with van der Waals surface area (Å²) in [5.74, 6) is 0.168. The molecule has 2 amide bonds. The second kappa shape index (κ2) is 9.39. The molecule has 1 atom stereocenters. The first-order chi connectivity index (χ1) is 13.5. The summed E-state index contributed by atoms with van der Waals surface area (Å²) in [5.41, 5.74) is 2.78. The molecule has 1 saturated heterocycles. The highest BCUT2D eigenvalue weighted by molar-refractivity contribution is 5.94. The Balaban J connectivity index is 1.79. The van der Waals surface area contributed by atoms with Crippen LogP contribution in [0.1, 0.15) is 31.2 Å². The molecule has 2 aliphatic rings. The lowest BCUT2D eigenvalue weighted by molar-refractivity contribution is -0.137. The van der Waals surface area contributed by atoms with Crippen LogP contribution in [0.2, 0.25) is 0 Å². The fourth-order valence-corrected chi connectivity index (χ4v) is 3.53. The Labute approximate surface area is 167 Å². The average molecular weight is 389 g/mol. The van der Waals surface area contributed by atoms with Gasteiger partial charge in [-0.1, -0.05) is 0 Å². The summed E-state index contributed by atoms with van der Waals surface area (Å²) in [5, 5.41) is 3.00. The second-order valence-electron chi connectivity index (χ2n) is 7.84. The molecule has 154 valence electrons. The fourth-order valence-electron chi connectivity index (χ4n) is 3.53. The normalized spacial score (nSPS) is 18.8. The lowest BCUT2D eigenvalue weighted by atomic mass is 10.1. The van der Waals surface area contributed by atoms with Crippen molar-refractivity contribution in [3.63, 3.8) is 0 Å². The Morgan fingerprint density at radius 3 is 2.64 bits per heavy atom. The van der Waals surface area contributed by atoms with Crippen LogP contribution in [-0.4, -0.2) is 63.8 Å². The van der Waals surface area contributed by atoms with Gasteiger partial charge in [-0.2, -0.15) is 0 Å². The molecule has 7 nitrogen and oxygen atoms in total. The molecule has 0 unspecified atom stereocenters. The zero-order valence-electron chi connectivity index (χ0n) is 17.1. The molecule has 1 heterocycles. The first-order valence-electron chi connectivity index (χ1n) is 9.97. The van der Waals surface area contributed by atoms with Crippen LogP contribution < -0.4 is 10.2 Å². The number of hydrogen-bond acceptors (Lipinski definition) is 5. The molecule has 0 aromatic heterocycles. The van der Waals surface area contributed by atoms with E-state index >= 15 is 0 Å². The van der Waals surface area contributed by atoms with Crippen molar-refractivity contribution in [3.05, 3.63) is 23.8 Å². The third kappa shape index (κ3) is 5.45. The van der Waals surface area contributed by atoms with E-state index in [1.807, 2.05) is 37.2 Å². The quantitative estimate of drug-likeness (QED) is 0.701. The van der Waals surface area contributed by atoms with Gasteiger partial charge >= 0.3 is 0 Å². The molecule has 1 saturated carbocycles. The zero-order valence-corrected chi connectivity index (χ0v) is 17.1. The molecule has 0 radical (unpaired) electrons. The third-order valence-corrected chi connectivity index (χ3v) is 5.21. The summed E-state index contributed by atoms with van der Waals surface area (Å²) >= 11 is 0. The number of nitrogens with zero attached hydrogens (tertiary/aromatic N) is 2. The van der Waals surface area contributed by atoms with E-state index in [1.165, 1.54) is 7.11 Å². The zero-order chi connectivity index (χ0) is 20.1. The lowest BCUT2D eigenvalue weighted by Crippen LogP contribution is -2.39. The molecular formula is C21H31N3O4. The van der Waals surface area contributed by atoms with E-state index in [0.29, 0.717) is 13.1 Å². The monoisotopic (exact) mass is 389 g/mol. The van der Waals surface area contributed by atoms with Crippen molar-refractivity contribution in [1.82, 2.24) is 4.90 Å². The van der Waals surface area contributed by atoms with Crippen LogP contribution in [-0.2, 0) is 25.6 Å². The minimum atomic E-state index is -0.0601. The van der Waals surface area contributed by atoms with Gasteiger partial charge in [-0.3, -0.25) is 9.59 Å². The number of benzene rings is 1. The molecule has 0 bridgehead atoms. The van der Waals surface area contributed by atoms with E-state index in [4.69, 9.17) is 9.47 Å². The number of carbonyl (C=O) groups is 2. The van der Waals surface area contributed by atoms with E-state index in [9.17, 15) is 9.59 Å². The van der Waals surface area contributed by atoms with Crippen LogP contribution in [0.15, 0.2) is 18.2 Å². The first-order valence-corrected chi connectivity index (χ1v) is 9.97. The van der Waals surface area contributed by atoms with Gasteiger partial charge in [0.25, 0.3) is 0 Å². The van der Waals surface area contributed by atoms with Crippen LogP contribution >= 0.6 is 0 Å². The number of nitrogens with one attached hydrogen (secondary N) is 1. The van der Waals surface area contributed by atoms with Gasteiger partial charge in [0.2, 0.25) is 11.8 Å². The smallest absolute Gasteiger partial charge is 0.248 e. The topological polar surface area (TPSA) is 71.1 Å². The number of amides is 2. The fraction of sp³-hybridized carbons (Fsp3) is 0.619. The molecule has 1 aromatic carbocycles. The maximum absolute atomic E-state index is 12.6.